The molecule has 1 atom stereocenters. The first-order valence-electron chi connectivity index (χ1n) is 12.5. The van der Waals surface area contributed by atoms with E-state index in [1.165, 1.54) is 22.4 Å². The van der Waals surface area contributed by atoms with Crippen LogP contribution >= 0.6 is 11.3 Å². The fourth-order valence-electron chi connectivity index (χ4n) is 5.02. The molecule has 1 unspecified atom stereocenters. The second-order valence-electron chi connectivity index (χ2n) is 9.58. The molecule has 1 saturated heterocycles. The second kappa shape index (κ2) is 10.7. The van der Waals surface area contributed by atoms with E-state index in [9.17, 15) is 9.59 Å². The zero-order valence-corrected chi connectivity index (χ0v) is 21.6. The molecule has 37 heavy (non-hydrogen) atoms. The predicted molar refractivity (Wildman–Crippen MR) is 146 cm³/mol. The number of likely N-dealkylation sites (tertiary alicyclic amines) is 1. The molecule has 3 N–H and O–H groups in total. The molecule has 2 aromatic carbocycles. The highest BCUT2D eigenvalue weighted by Crippen LogP contribution is 2.34. The van der Waals surface area contributed by atoms with Gasteiger partial charge in [0.05, 0.1) is 11.7 Å². The van der Waals surface area contributed by atoms with E-state index in [2.05, 4.69) is 22.2 Å². The van der Waals surface area contributed by atoms with Crippen molar-refractivity contribution in [3.63, 3.8) is 0 Å². The average Bonchev–Trinajstić information content (AvgIpc) is 3.55. The maximum atomic E-state index is 13.5. The number of anilines is 1. The second-order valence-corrected chi connectivity index (χ2v) is 10.7. The molecule has 0 radical (unpaired) electrons. The molecule has 2 aliphatic heterocycles. The van der Waals surface area contributed by atoms with Gasteiger partial charge in [-0.05, 0) is 55.3 Å². The van der Waals surface area contributed by atoms with Gasteiger partial charge in [-0.3, -0.25) is 14.9 Å². The fourth-order valence-corrected chi connectivity index (χ4v) is 6.10. The van der Waals surface area contributed by atoms with E-state index < -0.39 is 0 Å². The van der Waals surface area contributed by atoms with Crippen LogP contribution in [0.1, 0.15) is 67.7 Å². The van der Waals surface area contributed by atoms with Crippen molar-refractivity contribution < 1.29 is 9.59 Å². The van der Waals surface area contributed by atoms with Crippen molar-refractivity contribution in [3.05, 3.63) is 81.4 Å². The third kappa shape index (κ3) is 5.38. The number of likely N-dealkylation sites (N-methyl/N-ethyl adjacent to an activating group) is 1. The van der Waals surface area contributed by atoms with Crippen molar-refractivity contribution in [1.29, 1.82) is 10.8 Å². The number of nitrogens with zero attached hydrogens (tertiary/aromatic N) is 3. The average molecular weight is 515 g/mol. The van der Waals surface area contributed by atoms with Gasteiger partial charge in [0.15, 0.2) is 5.13 Å². The molecule has 1 aromatic heterocycles. The Hall–Kier alpha value is -3.69. The number of nitrogens with one attached hydrogen (secondary N) is 3. The Morgan fingerprint density at radius 1 is 1.14 bits per heavy atom. The van der Waals surface area contributed by atoms with Crippen molar-refractivity contribution >= 4 is 40.2 Å². The SMILES string of the molecule is CN1CCc2nc(NC(=O)c3cccc(C4CCCN4C(=O)c4cccc(C(=N)CC=N)c4)c3)sc2C1. The van der Waals surface area contributed by atoms with Gasteiger partial charge in [-0.25, -0.2) is 4.98 Å². The number of hydrogen-bond donors (Lipinski definition) is 3. The van der Waals surface area contributed by atoms with E-state index in [-0.39, 0.29) is 24.3 Å². The molecule has 0 aliphatic carbocycles. The molecule has 8 nitrogen and oxygen atoms in total. The molecule has 2 amide bonds. The summed E-state index contributed by atoms with van der Waals surface area (Å²) in [4.78, 5) is 36.5. The van der Waals surface area contributed by atoms with Crippen LogP contribution in [0, 0.1) is 10.8 Å². The van der Waals surface area contributed by atoms with Crippen LogP contribution in [0.2, 0.25) is 0 Å². The van der Waals surface area contributed by atoms with Crippen LogP contribution in [0.5, 0.6) is 0 Å². The quantitative estimate of drug-likeness (QED) is 0.394. The zero-order valence-electron chi connectivity index (χ0n) is 20.8. The first kappa shape index (κ1) is 25.0. The summed E-state index contributed by atoms with van der Waals surface area (Å²) < 4.78 is 0. The molecule has 3 heterocycles. The molecule has 5 rings (SSSR count). The lowest BCUT2D eigenvalue weighted by Gasteiger charge is -2.26. The number of carbonyl (C=O) groups excluding carboxylic acids is 2. The maximum Gasteiger partial charge on any atom is 0.257 e. The van der Waals surface area contributed by atoms with Crippen molar-refractivity contribution in [2.45, 2.75) is 38.3 Å². The van der Waals surface area contributed by atoms with E-state index in [4.69, 9.17) is 10.8 Å². The van der Waals surface area contributed by atoms with E-state index in [0.717, 1.165) is 43.6 Å². The summed E-state index contributed by atoms with van der Waals surface area (Å²) in [6.07, 6.45) is 4.03. The summed E-state index contributed by atoms with van der Waals surface area (Å²) >= 11 is 1.53. The standard InChI is InChI=1S/C28H30N6O2S/c1-33-14-11-23-25(17-33)37-28(31-23)32-26(35)20-7-3-6-19(16-20)24-9-4-13-34(24)27(36)21-8-2-5-18(15-21)22(30)10-12-29/h2-3,5-8,12,15-16,24,29-30H,4,9-11,13-14,17H2,1H3,(H,31,32,35). The van der Waals surface area contributed by atoms with Gasteiger partial charge in [0.25, 0.3) is 11.8 Å². The predicted octanol–water partition coefficient (Wildman–Crippen LogP) is 4.77. The van der Waals surface area contributed by atoms with Crippen molar-refractivity contribution in [3.8, 4) is 0 Å². The van der Waals surface area contributed by atoms with Crippen LogP contribution in [0.3, 0.4) is 0 Å². The zero-order chi connectivity index (χ0) is 25.9. The van der Waals surface area contributed by atoms with Crippen molar-refractivity contribution in [1.82, 2.24) is 14.8 Å². The minimum absolute atomic E-state index is 0.0832. The maximum absolute atomic E-state index is 13.5. The highest BCUT2D eigenvalue weighted by molar-refractivity contribution is 7.15. The number of benzene rings is 2. The Morgan fingerprint density at radius 2 is 1.92 bits per heavy atom. The smallest absolute Gasteiger partial charge is 0.257 e. The first-order valence-corrected chi connectivity index (χ1v) is 13.3. The van der Waals surface area contributed by atoms with Gasteiger partial charge in [-0.1, -0.05) is 24.3 Å². The molecule has 9 heteroatoms. The lowest BCUT2D eigenvalue weighted by atomic mass is 10.00. The molecule has 0 bridgehead atoms. The molecule has 1 fully saturated rings. The van der Waals surface area contributed by atoms with E-state index >= 15 is 0 Å². The number of fused-ring (bicyclic) bond motifs is 1. The van der Waals surface area contributed by atoms with E-state index in [0.29, 0.717) is 34.1 Å². The van der Waals surface area contributed by atoms with Gasteiger partial charge in [-0.2, -0.15) is 0 Å². The van der Waals surface area contributed by atoms with Crippen LogP contribution in [-0.2, 0) is 13.0 Å². The Morgan fingerprint density at radius 3 is 2.76 bits per heavy atom. The Kier molecular flexibility index (Phi) is 7.25. The lowest BCUT2D eigenvalue weighted by molar-refractivity contribution is 0.0735. The Balaban J connectivity index is 1.32. The van der Waals surface area contributed by atoms with Gasteiger partial charge in [0.2, 0.25) is 0 Å². The molecule has 2 aliphatic rings. The normalized spacial score (nSPS) is 17.3. The summed E-state index contributed by atoms with van der Waals surface area (Å²) in [5.41, 5.74) is 4.06. The van der Waals surface area contributed by atoms with Crippen molar-refractivity contribution in [2.75, 3.05) is 25.5 Å². The molecule has 0 saturated carbocycles. The Labute approximate surface area is 220 Å². The van der Waals surface area contributed by atoms with Crippen LogP contribution in [0.25, 0.3) is 0 Å². The van der Waals surface area contributed by atoms with Crippen LogP contribution in [-0.4, -0.2) is 58.7 Å². The molecule has 0 spiro atoms. The van der Waals surface area contributed by atoms with Gasteiger partial charge in [0, 0.05) is 60.4 Å². The number of aromatic nitrogens is 1. The molecular weight excluding hydrogens is 484 g/mol. The summed E-state index contributed by atoms with van der Waals surface area (Å²) in [6.45, 7) is 2.47. The molecular formula is C28H30N6O2S. The number of thiazole rings is 1. The summed E-state index contributed by atoms with van der Waals surface area (Å²) in [7, 11) is 2.09. The first-order chi connectivity index (χ1) is 17.9. The van der Waals surface area contributed by atoms with Gasteiger partial charge < -0.3 is 20.6 Å². The summed E-state index contributed by atoms with van der Waals surface area (Å²) in [5.74, 6) is -0.283. The summed E-state index contributed by atoms with van der Waals surface area (Å²) in [5, 5.41) is 19.0. The largest absolute Gasteiger partial charge is 0.332 e. The van der Waals surface area contributed by atoms with E-state index in [1.54, 1.807) is 30.3 Å². The van der Waals surface area contributed by atoms with Gasteiger partial charge >= 0.3 is 0 Å². The number of hydrogen-bond acceptors (Lipinski definition) is 7. The van der Waals surface area contributed by atoms with E-state index in [1.807, 2.05) is 23.1 Å². The van der Waals surface area contributed by atoms with Gasteiger partial charge in [0.1, 0.15) is 0 Å². The highest BCUT2D eigenvalue weighted by Gasteiger charge is 2.31. The minimum atomic E-state index is -0.199. The van der Waals surface area contributed by atoms with Crippen LogP contribution in [0.4, 0.5) is 5.13 Å². The van der Waals surface area contributed by atoms with Crippen molar-refractivity contribution in [2.24, 2.45) is 0 Å². The minimum Gasteiger partial charge on any atom is -0.332 e. The lowest BCUT2D eigenvalue weighted by Crippen LogP contribution is -2.30. The third-order valence-electron chi connectivity index (χ3n) is 6.95. The Bertz CT molecular complexity index is 1370. The summed E-state index contributed by atoms with van der Waals surface area (Å²) in [6, 6.07) is 14.5. The topological polar surface area (TPSA) is 113 Å². The monoisotopic (exact) mass is 514 g/mol. The van der Waals surface area contributed by atoms with Crippen LogP contribution in [0.15, 0.2) is 48.5 Å². The number of rotatable bonds is 7. The molecule has 3 aromatic rings. The number of amides is 2. The number of carbonyl (C=O) groups is 2. The highest BCUT2D eigenvalue weighted by atomic mass is 32.1. The van der Waals surface area contributed by atoms with Gasteiger partial charge in [-0.15, -0.1) is 11.3 Å². The molecule has 190 valence electrons. The fraction of sp³-hybridized carbons (Fsp3) is 0.321. The third-order valence-corrected chi connectivity index (χ3v) is 7.95. The van der Waals surface area contributed by atoms with Crippen LogP contribution < -0.4 is 5.32 Å².